The van der Waals surface area contributed by atoms with E-state index in [1.807, 2.05) is 43.3 Å². The first-order valence-corrected chi connectivity index (χ1v) is 9.27. The van der Waals surface area contributed by atoms with Crippen LogP contribution in [0.3, 0.4) is 0 Å². The number of nitriles is 1. The number of aromatic nitrogens is 1. The second-order valence-corrected chi connectivity index (χ2v) is 6.63. The molecule has 3 rings (SSSR count). The zero-order valence-corrected chi connectivity index (χ0v) is 16.2. The number of nitrogens with zero attached hydrogens (tertiary/aromatic N) is 2. The summed E-state index contributed by atoms with van der Waals surface area (Å²) in [6.45, 7) is 3.90. The monoisotopic (exact) mass is 388 g/mol. The van der Waals surface area contributed by atoms with Gasteiger partial charge in [-0.05, 0) is 37.1 Å². The van der Waals surface area contributed by atoms with Crippen molar-refractivity contribution in [3.63, 3.8) is 0 Å². The van der Waals surface area contributed by atoms with Gasteiger partial charge in [0.15, 0.2) is 11.5 Å². The number of pyridine rings is 1. The molecular formula is C23H20N2O4. The Morgan fingerprint density at radius 2 is 1.90 bits per heavy atom. The second kappa shape index (κ2) is 8.53. The molecule has 1 heterocycles. The maximum absolute atomic E-state index is 12.5. The van der Waals surface area contributed by atoms with Crippen molar-refractivity contribution < 1.29 is 19.4 Å². The average Bonchev–Trinajstić information content (AvgIpc) is 2.71. The predicted octanol–water partition coefficient (Wildman–Crippen LogP) is 4.31. The standard InChI is InChI=1S/C23H20N2O4/c1-3-29-21(27)10-9-20(26)22-23(28)18(13-24)17-12-16(7-8-19(17)25-22)15-6-4-5-14(2)11-15/h4-8,11-12,28H,3,9-10H2,1-2H3. The van der Waals surface area contributed by atoms with Crippen molar-refractivity contribution in [1.29, 1.82) is 5.26 Å². The number of benzene rings is 2. The molecule has 0 aliphatic heterocycles. The largest absolute Gasteiger partial charge is 0.504 e. The van der Waals surface area contributed by atoms with Crippen molar-refractivity contribution >= 4 is 22.7 Å². The van der Waals surface area contributed by atoms with E-state index in [-0.39, 0.29) is 30.7 Å². The Kier molecular flexibility index (Phi) is 5.89. The van der Waals surface area contributed by atoms with Crippen molar-refractivity contribution in [3.05, 3.63) is 59.3 Å². The molecule has 0 saturated carbocycles. The minimum atomic E-state index is -0.517. The van der Waals surface area contributed by atoms with Crippen LogP contribution in [-0.2, 0) is 9.53 Å². The number of carbonyl (C=O) groups excluding carboxylic acids is 2. The predicted molar refractivity (Wildman–Crippen MR) is 108 cm³/mol. The number of hydrogen-bond acceptors (Lipinski definition) is 6. The number of Topliss-reactive ketones (excluding diaryl/α,β-unsaturated/α-hetero) is 1. The molecule has 0 radical (unpaired) electrons. The van der Waals surface area contributed by atoms with Crippen LogP contribution in [0.5, 0.6) is 5.75 Å². The van der Waals surface area contributed by atoms with Gasteiger partial charge < -0.3 is 9.84 Å². The molecule has 1 aromatic heterocycles. The van der Waals surface area contributed by atoms with Crippen LogP contribution in [-0.4, -0.2) is 28.4 Å². The Morgan fingerprint density at radius 3 is 2.59 bits per heavy atom. The molecule has 29 heavy (non-hydrogen) atoms. The van der Waals surface area contributed by atoms with Crippen molar-refractivity contribution in [2.75, 3.05) is 6.61 Å². The molecule has 0 bridgehead atoms. The molecular weight excluding hydrogens is 368 g/mol. The molecule has 0 aliphatic carbocycles. The second-order valence-electron chi connectivity index (χ2n) is 6.63. The van der Waals surface area contributed by atoms with E-state index in [4.69, 9.17) is 4.74 Å². The van der Waals surface area contributed by atoms with Gasteiger partial charge in [0, 0.05) is 11.8 Å². The van der Waals surface area contributed by atoms with Crippen molar-refractivity contribution in [2.24, 2.45) is 0 Å². The summed E-state index contributed by atoms with van der Waals surface area (Å²) in [6.07, 6.45) is -0.267. The van der Waals surface area contributed by atoms with Gasteiger partial charge in [-0.15, -0.1) is 0 Å². The van der Waals surface area contributed by atoms with Gasteiger partial charge in [-0.25, -0.2) is 4.98 Å². The third-order valence-corrected chi connectivity index (χ3v) is 4.55. The minimum Gasteiger partial charge on any atom is -0.504 e. The molecule has 0 aliphatic rings. The zero-order valence-electron chi connectivity index (χ0n) is 16.2. The van der Waals surface area contributed by atoms with Crippen LogP contribution >= 0.6 is 0 Å². The summed E-state index contributed by atoms with van der Waals surface area (Å²) in [5.74, 6) is -1.48. The van der Waals surface area contributed by atoms with Gasteiger partial charge in [0.1, 0.15) is 17.3 Å². The lowest BCUT2D eigenvalue weighted by atomic mass is 9.98. The van der Waals surface area contributed by atoms with Crippen molar-refractivity contribution in [1.82, 2.24) is 4.98 Å². The van der Waals surface area contributed by atoms with Gasteiger partial charge in [0.2, 0.25) is 0 Å². The van der Waals surface area contributed by atoms with E-state index >= 15 is 0 Å². The summed E-state index contributed by atoms with van der Waals surface area (Å²) >= 11 is 0. The fourth-order valence-electron chi connectivity index (χ4n) is 3.13. The van der Waals surface area contributed by atoms with Crippen LogP contribution < -0.4 is 0 Å². The molecule has 0 saturated heterocycles. The maximum atomic E-state index is 12.5. The normalized spacial score (nSPS) is 10.5. The van der Waals surface area contributed by atoms with E-state index in [0.717, 1.165) is 16.7 Å². The highest BCUT2D eigenvalue weighted by molar-refractivity contribution is 6.03. The summed E-state index contributed by atoms with van der Waals surface area (Å²) in [5.41, 5.74) is 3.16. The summed E-state index contributed by atoms with van der Waals surface area (Å²) in [4.78, 5) is 28.2. The van der Waals surface area contributed by atoms with Gasteiger partial charge >= 0.3 is 5.97 Å². The van der Waals surface area contributed by atoms with Gasteiger partial charge in [0.25, 0.3) is 0 Å². The smallest absolute Gasteiger partial charge is 0.306 e. The lowest BCUT2D eigenvalue weighted by molar-refractivity contribution is -0.143. The molecule has 0 amide bonds. The minimum absolute atomic E-state index is 0.0102. The van der Waals surface area contributed by atoms with Crippen LogP contribution in [0.1, 0.15) is 41.4 Å². The van der Waals surface area contributed by atoms with Crippen LogP contribution in [0.2, 0.25) is 0 Å². The number of rotatable bonds is 6. The lowest BCUT2D eigenvalue weighted by Crippen LogP contribution is -2.10. The third kappa shape index (κ3) is 4.25. The van der Waals surface area contributed by atoms with Crippen molar-refractivity contribution in [3.8, 4) is 22.9 Å². The molecule has 6 heteroatoms. The van der Waals surface area contributed by atoms with E-state index in [1.54, 1.807) is 19.1 Å². The van der Waals surface area contributed by atoms with E-state index < -0.39 is 17.5 Å². The van der Waals surface area contributed by atoms with Gasteiger partial charge in [0.05, 0.1) is 18.5 Å². The topological polar surface area (TPSA) is 100 Å². The van der Waals surface area contributed by atoms with Crippen molar-refractivity contribution in [2.45, 2.75) is 26.7 Å². The third-order valence-electron chi connectivity index (χ3n) is 4.55. The number of ether oxygens (including phenoxy) is 1. The number of aromatic hydroxyl groups is 1. The highest BCUT2D eigenvalue weighted by Crippen LogP contribution is 2.32. The highest BCUT2D eigenvalue weighted by Gasteiger charge is 2.21. The van der Waals surface area contributed by atoms with Crippen LogP contribution in [0.25, 0.3) is 22.0 Å². The first-order valence-electron chi connectivity index (χ1n) is 9.27. The van der Waals surface area contributed by atoms with E-state index in [9.17, 15) is 20.0 Å². The summed E-state index contributed by atoms with van der Waals surface area (Å²) < 4.78 is 4.81. The first-order chi connectivity index (χ1) is 13.9. The number of ketones is 1. The summed E-state index contributed by atoms with van der Waals surface area (Å²) in [7, 11) is 0. The summed E-state index contributed by atoms with van der Waals surface area (Å²) in [6, 6.07) is 15.2. The number of hydrogen-bond donors (Lipinski definition) is 1. The maximum Gasteiger partial charge on any atom is 0.306 e. The SMILES string of the molecule is CCOC(=O)CCC(=O)c1nc2ccc(-c3cccc(C)c3)cc2c(C#N)c1O. The van der Waals surface area contributed by atoms with E-state index in [1.165, 1.54) is 0 Å². The Morgan fingerprint density at radius 1 is 1.14 bits per heavy atom. The van der Waals surface area contributed by atoms with Gasteiger partial charge in [-0.3, -0.25) is 9.59 Å². The average molecular weight is 388 g/mol. The number of fused-ring (bicyclic) bond motifs is 1. The first kappa shape index (κ1) is 20.0. The van der Waals surface area contributed by atoms with Gasteiger partial charge in [-0.1, -0.05) is 35.9 Å². The van der Waals surface area contributed by atoms with Gasteiger partial charge in [-0.2, -0.15) is 5.26 Å². The van der Waals surface area contributed by atoms with Crippen LogP contribution in [0.4, 0.5) is 0 Å². The van der Waals surface area contributed by atoms with Crippen LogP contribution in [0.15, 0.2) is 42.5 Å². The Balaban J connectivity index is 2.02. The van der Waals surface area contributed by atoms with Crippen LogP contribution in [0, 0.1) is 18.3 Å². The molecule has 0 unspecified atom stereocenters. The fourth-order valence-corrected chi connectivity index (χ4v) is 3.13. The molecule has 1 N–H and O–H groups in total. The highest BCUT2D eigenvalue weighted by atomic mass is 16.5. The molecule has 3 aromatic rings. The molecule has 146 valence electrons. The number of esters is 1. The summed E-state index contributed by atoms with van der Waals surface area (Å²) in [5, 5.41) is 20.6. The molecule has 6 nitrogen and oxygen atoms in total. The fraction of sp³-hybridized carbons (Fsp3) is 0.217. The quantitative estimate of drug-likeness (QED) is 0.499. The zero-order chi connectivity index (χ0) is 21.0. The Hall–Kier alpha value is -3.72. The number of aryl methyl sites for hydroxylation is 1. The molecule has 2 aromatic carbocycles. The molecule has 0 fully saturated rings. The Labute approximate surface area is 168 Å². The number of carbonyl (C=O) groups is 2. The lowest BCUT2D eigenvalue weighted by Gasteiger charge is -2.10. The van der Waals surface area contributed by atoms with E-state index in [0.29, 0.717) is 10.9 Å². The Bertz CT molecular complexity index is 1150. The molecule has 0 spiro atoms. The molecule has 0 atom stereocenters. The van der Waals surface area contributed by atoms with E-state index in [2.05, 4.69) is 4.98 Å².